The molecular formula is C14H12Cl3F3N4O. The first-order valence-corrected chi connectivity index (χ1v) is 6.83. The zero-order valence-electron chi connectivity index (χ0n) is 12.4. The van der Waals surface area contributed by atoms with E-state index in [4.69, 9.17) is 11.6 Å². The fourth-order valence-corrected chi connectivity index (χ4v) is 2.22. The Kier molecular flexibility index (Phi) is 7.16. The van der Waals surface area contributed by atoms with Gasteiger partial charge in [0.2, 0.25) is 0 Å². The van der Waals surface area contributed by atoms with Gasteiger partial charge in [0.05, 0.1) is 29.9 Å². The van der Waals surface area contributed by atoms with Gasteiger partial charge in [0, 0.05) is 24.3 Å². The predicted molar refractivity (Wildman–Crippen MR) is 91.1 cm³/mol. The van der Waals surface area contributed by atoms with E-state index in [1.165, 1.54) is 18.2 Å². The van der Waals surface area contributed by atoms with Gasteiger partial charge in [0.15, 0.2) is 0 Å². The molecule has 0 unspecified atom stereocenters. The topological polar surface area (TPSA) is 44.9 Å². The summed E-state index contributed by atoms with van der Waals surface area (Å²) in [7, 11) is 0. The number of alkyl halides is 3. The fourth-order valence-electron chi connectivity index (χ4n) is 2.01. The van der Waals surface area contributed by atoms with Gasteiger partial charge in [-0.25, -0.2) is 9.97 Å². The van der Waals surface area contributed by atoms with Crippen LogP contribution in [0, 0.1) is 0 Å². The average Bonchev–Trinajstić information content (AvgIpc) is 3.12. The van der Waals surface area contributed by atoms with E-state index >= 15 is 0 Å². The summed E-state index contributed by atoms with van der Waals surface area (Å²) in [6, 6.07) is 4.02. The van der Waals surface area contributed by atoms with E-state index in [-0.39, 0.29) is 29.8 Å². The van der Waals surface area contributed by atoms with E-state index in [9.17, 15) is 13.2 Å². The van der Waals surface area contributed by atoms with Gasteiger partial charge in [-0.05, 0) is 18.2 Å². The molecule has 0 saturated carbocycles. The van der Waals surface area contributed by atoms with Crippen molar-refractivity contribution in [3.05, 3.63) is 60.2 Å². The number of imidazole rings is 2. The highest BCUT2D eigenvalue weighted by molar-refractivity contribution is 6.32. The standard InChI is InChI=1S/C14H10ClF3N4O.2ClH/c15-12-5-11(1-2-13(12)23-14(16,17)18)22-7-10(20-9-22)6-21-4-3-19-8-21;;/h1-5,7-9H,6H2;2*1H. The van der Waals surface area contributed by atoms with Crippen molar-refractivity contribution in [3.63, 3.8) is 0 Å². The summed E-state index contributed by atoms with van der Waals surface area (Å²) in [5.41, 5.74) is 1.35. The summed E-state index contributed by atoms with van der Waals surface area (Å²) in [5.74, 6) is -0.443. The predicted octanol–water partition coefficient (Wildman–Crippen LogP) is 4.51. The number of hydrogen-bond acceptors (Lipinski definition) is 3. The van der Waals surface area contributed by atoms with Crippen molar-refractivity contribution >= 4 is 36.4 Å². The number of benzene rings is 1. The molecule has 11 heteroatoms. The van der Waals surface area contributed by atoms with Gasteiger partial charge in [-0.3, -0.25) is 0 Å². The molecule has 25 heavy (non-hydrogen) atoms. The maximum atomic E-state index is 12.2. The summed E-state index contributed by atoms with van der Waals surface area (Å²) in [6.07, 6.45) is 3.67. The van der Waals surface area contributed by atoms with E-state index in [0.717, 1.165) is 5.69 Å². The summed E-state index contributed by atoms with van der Waals surface area (Å²) < 4.78 is 44.0. The van der Waals surface area contributed by atoms with Crippen LogP contribution in [0.2, 0.25) is 5.02 Å². The second kappa shape index (κ2) is 8.46. The second-order valence-corrected chi connectivity index (χ2v) is 5.08. The Balaban J connectivity index is 0.00000156. The molecule has 0 radical (unpaired) electrons. The molecule has 0 amide bonds. The average molecular weight is 416 g/mol. The Morgan fingerprint density at radius 2 is 1.92 bits per heavy atom. The largest absolute Gasteiger partial charge is 0.573 e. The van der Waals surface area contributed by atoms with E-state index in [1.54, 1.807) is 35.8 Å². The zero-order valence-corrected chi connectivity index (χ0v) is 14.7. The molecule has 0 fully saturated rings. The molecule has 0 aliphatic rings. The molecule has 0 atom stereocenters. The number of rotatable bonds is 4. The number of ether oxygens (including phenoxy) is 1. The molecule has 0 spiro atoms. The number of halogens is 6. The van der Waals surface area contributed by atoms with Gasteiger partial charge >= 0.3 is 6.36 Å². The van der Waals surface area contributed by atoms with Gasteiger partial charge in [0.1, 0.15) is 5.75 Å². The zero-order chi connectivity index (χ0) is 16.4. The summed E-state index contributed by atoms with van der Waals surface area (Å²) in [4.78, 5) is 8.18. The van der Waals surface area contributed by atoms with Crippen molar-refractivity contribution in [3.8, 4) is 11.4 Å². The van der Waals surface area contributed by atoms with Crippen molar-refractivity contribution < 1.29 is 17.9 Å². The maximum absolute atomic E-state index is 12.2. The van der Waals surface area contributed by atoms with Crippen LogP contribution in [0.4, 0.5) is 13.2 Å². The Morgan fingerprint density at radius 1 is 1.16 bits per heavy atom. The summed E-state index contributed by atoms with van der Waals surface area (Å²) in [6.45, 7) is 0.538. The molecule has 3 rings (SSSR count). The molecule has 0 aliphatic heterocycles. The highest BCUT2D eigenvalue weighted by Crippen LogP contribution is 2.31. The van der Waals surface area contributed by atoms with Gasteiger partial charge in [-0.15, -0.1) is 38.0 Å². The Morgan fingerprint density at radius 3 is 2.52 bits per heavy atom. The van der Waals surface area contributed by atoms with E-state index in [0.29, 0.717) is 12.2 Å². The van der Waals surface area contributed by atoms with Crippen LogP contribution in [0.3, 0.4) is 0 Å². The highest BCUT2D eigenvalue weighted by Gasteiger charge is 2.32. The second-order valence-electron chi connectivity index (χ2n) is 4.67. The molecule has 5 nitrogen and oxygen atoms in total. The molecule has 1 aromatic carbocycles. The third-order valence-corrected chi connectivity index (χ3v) is 3.27. The molecular weight excluding hydrogens is 404 g/mol. The van der Waals surface area contributed by atoms with Crippen molar-refractivity contribution in [1.82, 2.24) is 19.1 Å². The molecule has 2 heterocycles. The lowest BCUT2D eigenvalue weighted by Crippen LogP contribution is -2.17. The van der Waals surface area contributed by atoms with Crippen LogP contribution in [0.5, 0.6) is 5.75 Å². The first-order valence-electron chi connectivity index (χ1n) is 6.45. The van der Waals surface area contributed by atoms with Crippen molar-refractivity contribution in [2.24, 2.45) is 0 Å². The van der Waals surface area contributed by atoms with Crippen molar-refractivity contribution in [1.29, 1.82) is 0 Å². The summed E-state index contributed by atoms with van der Waals surface area (Å²) >= 11 is 5.84. The minimum atomic E-state index is -4.78. The molecule has 0 bridgehead atoms. The lowest BCUT2D eigenvalue weighted by molar-refractivity contribution is -0.274. The molecule has 3 aromatic rings. The van der Waals surface area contributed by atoms with Crippen LogP contribution in [0.25, 0.3) is 5.69 Å². The van der Waals surface area contributed by atoms with Gasteiger partial charge in [0.25, 0.3) is 0 Å². The van der Waals surface area contributed by atoms with E-state index in [2.05, 4.69) is 14.7 Å². The number of nitrogens with zero attached hydrogens (tertiary/aromatic N) is 4. The Bertz CT molecular complexity index is 806. The minimum Gasteiger partial charge on any atom is -0.404 e. The lowest BCUT2D eigenvalue weighted by atomic mass is 10.3. The van der Waals surface area contributed by atoms with Crippen LogP contribution in [0.15, 0.2) is 49.4 Å². The van der Waals surface area contributed by atoms with Crippen LogP contribution < -0.4 is 4.74 Å². The van der Waals surface area contributed by atoms with Crippen molar-refractivity contribution in [2.75, 3.05) is 0 Å². The number of aromatic nitrogens is 4. The SMILES string of the molecule is Cl.Cl.FC(F)(F)Oc1ccc(-n2cnc(Cn3ccnc3)c2)cc1Cl. The number of hydrogen-bond donors (Lipinski definition) is 0. The van der Waals surface area contributed by atoms with Gasteiger partial charge in [-0.1, -0.05) is 11.6 Å². The summed E-state index contributed by atoms with van der Waals surface area (Å²) in [5, 5.41) is -0.135. The molecule has 0 N–H and O–H groups in total. The maximum Gasteiger partial charge on any atom is 0.573 e. The third-order valence-electron chi connectivity index (χ3n) is 2.98. The quantitative estimate of drug-likeness (QED) is 0.630. The van der Waals surface area contributed by atoms with E-state index < -0.39 is 12.1 Å². The normalized spacial score (nSPS) is 10.7. The first-order chi connectivity index (χ1) is 10.9. The van der Waals surface area contributed by atoms with Crippen LogP contribution in [-0.2, 0) is 6.54 Å². The van der Waals surface area contributed by atoms with Gasteiger partial charge < -0.3 is 13.9 Å². The van der Waals surface area contributed by atoms with E-state index in [1.807, 2.05) is 4.57 Å². The molecule has 2 aromatic heterocycles. The minimum absolute atomic E-state index is 0. The Hall–Kier alpha value is -1.90. The fraction of sp³-hybridized carbons (Fsp3) is 0.143. The monoisotopic (exact) mass is 414 g/mol. The smallest absolute Gasteiger partial charge is 0.404 e. The third kappa shape index (κ3) is 5.55. The Labute approximate surface area is 158 Å². The highest BCUT2D eigenvalue weighted by atomic mass is 35.5. The molecule has 0 aliphatic carbocycles. The van der Waals surface area contributed by atoms with Crippen LogP contribution in [0.1, 0.15) is 5.69 Å². The van der Waals surface area contributed by atoms with Crippen LogP contribution >= 0.6 is 36.4 Å². The molecule has 136 valence electrons. The van der Waals surface area contributed by atoms with Gasteiger partial charge in [-0.2, -0.15) is 0 Å². The van der Waals surface area contributed by atoms with Crippen molar-refractivity contribution in [2.45, 2.75) is 12.9 Å². The lowest BCUT2D eigenvalue weighted by Gasteiger charge is -2.11. The molecule has 0 saturated heterocycles. The van der Waals surface area contributed by atoms with Crippen LogP contribution in [-0.4, -0.2) is 25.5 Å². The first kappa shape index (κ1) is 21.1.